The second-order valence-corrected chi connectivity index (χ2v) is 5.18. The van der Waals surface area contributed by atoms with Crippen molar-refractivity contribution in [1.29, 1.82) is 0 Å². The first kappa shape index (κ1) is 12.7. The third kappa shape index (κ3) is 2.93. The van der Waals surface area contributed by atoms with Gasteiger partial charge in [-0.05, 0) is 18.6 Å². The summed E-state index contributed by atoms with van der Waals surface area (Å²) in [6.45, 7) is 2.05. The molecule has 2 aromatic rings. The van der Waals surface area contributed by atoms with Crippen molar-refractivity contribution in [1.82, 2.24) is 0 Å². The molecule has 0 amide bonds. The van der Waals surface area contributed by atoms with Crippen LogP contribution in [0.3, 0.4) is 0 Å². The predicted octanol–water partition coefficient (Wildman–Crippen LogP) is 3.77. The van der Waals surface area contributed by atoms with Crippen LogP contribution >= 0.6 is 11.3 Å². The molecular weight excluding hydrogens is 244 g/mol. The molecule has 0 saturated heterocycles. The average molecular weight is 258 g/mol. The maximum Gasteiger partial charge on any atom is 0.180 e. The lowest BCUT2D eigenvalue weighted by Gasteiger charge is -1.98. The van der Waals surface area contributed by atoms with E-state index < -0.39 is 0 Å². The molecule has 0 N–H and O–H groups in total. The first-order valence-corrected chi connectivity index (χ1v) is 6.72. The van der Waals surface area contributed by atoms with Gasteiger partial charge in [0.15, 0.2) is 11.6 Å². The monoisotopic (exact) mass is 258 g/mol. The summed E-state index contributed by atoms with van der Waals surface area (Å²) in [6.07, 6.45) is 0.873. The Labute approximate surface area is 110 Å². The molecule has 1 aromatic heterocycles. The van der Waals surface area contributed by atoms with E-state index in [1.54, 1.807) is 24.3 Å². The van der Waals surface area contributed by atoms with Gasteiger partial charge in [-0.3, -0.25) is 9.59 Å². The Bertz CT molecular complexity index is 555. The van der Waals surface area contributed by atoms with Crippen LogP contribution in [0.4, 0.5) is 0 Å². The number of rotatable bonds is 5. The normalized spacial score (nSPS) is 10.3. The van der Waals surface area contributed by atoms with Gasteiger partial charge in [-0.1, -0.05) is 37.3 Å². The topological polar surface area (TPSA) is 34.1 Å². The molecule has 0 spiro atoms. The SMILES string of the molecule is CCc1ccc(C(=O)CC(=O)c2ccccc2)s1. The fourth-order valence-electron chi connectivity index (χ4n) is 1.68. The molecule has 0 radical (unpaired) electrons. The number of carbonyl (C=O) groups excluding carboxylic acids is 2. The second kappa shape index (κ2) is 5.74. The zero-order valence-corrected chi connectivity index (χ0v) is 11.0. The molecular formula is C15H14O2S. The highest BCUT2D eigenvalue weighted by atomic mass is 32.1. The minimum atomic E-state index is -0.118. The summed E-state index contributed by atoms with van der Waals surface area (Å²) < 4.78 is 0. The quantitative estimate of drug-likeness (QED) is 0.604. The van der Waals surface area contributed by atoms with Crippen molar-refractivity contribution in [3.63, 3.8) is 0 Å². The molecule has 0 bridgehead atoms. The van der Waals surface area contributed by atoms with E-state index in [-0.39, 0.29) is 18.0 Å². The van der Waals surface area contributed by atoms with Gasteiger partial charge in [0.05, 0.1) is 11.3 Å². The van der Waals surface area contributed by atoms with Crippen LogP contribution in [-0.4, -0.2) is 11.6 Å². The van der Waals surface area contributed by atoms with Gasteiger partial charge >= 0.3 is 0 Å². The van der Waals surface area contributed by atoms with Crippen molar-refractivity contribution >= 4 is 22.9 Å². The number of ketones is 2. The van der Waals surface area contributed by atoms with Crippen LogP contribution in [0.15, 0.2) is 42.5 Å². The summed E-state index contributed by atoms with van der Waals surface area (Å²) in [4.78, 5) is 25.7. The lowest BCUT2D eigenvalue weighted by atomic mass is 10.1. The van der Waals surface area contributed by atoms with E-state index in [2.05, 4.69) is 6.92 Å². The van der Waals surface area contributed by atoms with Crippen molar-refractivity contribution in [2.24, 2.45) is 0 Å². The van der Waals surface area contributed by atoms with Gasteiger partial charge < -0.3 is 0 Å². The van der Waals surface area contributed by atoms with Gasteiger partial charge in [0, 0.05) is 10.4 Å². The van der Waals surface area contributed by atoms with Gasteiger partial charge in [0.2, 0.25) is 0 Å². The third-order valence-corrected chi connectivity index (χ3v) is 3.97. The highest BCUT2D eigenvalue weighted by Crippen LogP contribution is 2.19. The zero-order valence-electron chi connectivity index (χ0n) is 10.2. The number of hydrogen-bond donors (Lipinski definition) is 0. The maximum absolute atomic E-state index is 11.9. The van der Waals surface area contributed by atoms with E-state index in [1.165, 1.54) is 16.2 Å². The highest BCUT2D eigenvalue weighted by Gasteiger charge is 2.14. The number of hydrogen-bond acceptors (Lipinski definition) is 3. The van der Waals surface area contributed by atoms with Crippen LogP contribution in [0, 0.1) is 0 Å². The molecule has 2 rings (SSSR count). The minimum absolute atomic E-state index is 0.0479. The number of Topliss-reactive ketones (excluding diaryl/α,β-unsaturated/α-hetero) is 2. The second-order valence-electron chi connectivity index (χ2n) is 4.01. The fraction of sp³-hybridized carbons (Fsp3) is 0.200. The van der Waals surface area contributed by atoms with Gasteiger partial charge in [0.25, 0.3) is 0 Å². The summed E-state index contributed by atoms with van der Waals surface area (Å²) in [6, 6.07) is 12.7. The molecule has 0 aliphatic heterocycles. The lowest BCUT2D eigenvalue weighted by Crippen LogP contribution is -2.07. The molecule has 2 nitrogen and oxygen atoms in total. The van der Waals surface area contributed by atoms with E-state index in [9.17, 15) is 9.59 Å². The van der Waals surface area contributed by atoms with E-state index in [0.29, 0.717) is 10.4 Å². The number of aryl methyl sites for hydroxylation is 1. The number of benzene rings is 1. The van der Waals surface area contributed by atoms with Crippen molar-refractivity contribution < 1.29 is 9.59 Å². The van der Waals surface area contributed by atoms with E-state index in [4.69, 9.17) is 0 Å². The van der Waals surface area contributed by atoms with Crippen LogP contribution in [-0.2, 0) is 6.42 Å². The molecule has 1 heterocycles. The van der Waals surface area contributed by atoms with Gasteiger partial charge in [-0.25, -0.2) is 0 Å². The molecule has 0 saturated carbocycles. The van der Waals surface area contributed by atoms with Crippen LogP contribution < -0.4 is 0 Å². The Morgan fingerprint density at radius 3 is 2.33 bits per heavy atom. The molecule has 92 valence electrons. The Kier molecular flexibility index (Phi) is 4.05. The zero-order chi connectivity index (χ0) is 13.0. The van der Waals surface area contributed by atoms with Gasteiger partial charge in [0.1, 0.15) is 0 Å². The fourth-order valence-corrected chi connectivity index (χ4v) is 2.56. The van der Waals surface area contributed by atoms with Crippen molar-refractivity contribution in [2.75, 3.05) is 0 Å². The van der Waals surface area contributed by atoms with Gasteiger partial charge in [-0.15, -0.1) is 11.3 Å². The van der Waals surface area contributed by atoms with E-state index >= 15 is 0 Å². The van der Waals surface area contributed by atoms with E-state index in [0.717, 1.165) is 6.42 Å². The average Bonchev–Trinajstić information content (AvgIpc) is 2.88. The van der Waals surface area contributed by atoms with Crippen LogP contribution in [0.1, 0.15) is 38.3 Å². The van der Waals surface area contributed by atoms with Crippen molar-refractivity contribution in [3.05, 3.63) is 57.8 Å². The van der Waals surface area contributed by atoms with Crippen LogP contribution in [0.5, 0.6) is 0 Å². The summed E-state index contributed by atoms with van der Waals surface area (Å²) in [5.74, 6) is -0.208. The summed E-state index contributed by atoms with van der Waals surface area (Å²) in [5.41, 5.74) is 0.595. The van der Waals surface area contributed by atoms with Crippen LogP contribution in [0.2, 0.25) is 0 Å². The number of carbonyl (C=O) groups is 2. The Balaban J connectivity index is 2.06. The Morgan fingerprint density at radius 2 is 1.72 bits per heavy atom. The van der Waals surface area contributed by atoms with Crippen LogP contribution in [0.25, 0.3) is 0 Å². The molecule has 0 aliphatic carbocycles. The highest BCUT2D eigenvalue weighted by molar-refractivity contribution is 7.14. The third-order valence-electron chi connectivity index (χ3n) is 2.70. The molecule has 3 heteroatoms. The molecule has 0 atom stereocenters. The molecule has 0 unspecified atom stereocenters. The standard InChI is InChI=1S/C15H14O2S/c1-2-12-8-9-15(18-12)14(17)10-13(16)11-6-4-3-5-7-11/h3-9H,2,10H2,1H3. The summed E-state index contributed by atoms with van der Waals surface area (Å²) >= 11 is 1.48. The van der Waals surface area contributed by atoms with Crippen molar-refractivity contribution in [2.45, 2.75) is 19.8 Å². The minimum Gasteiger partial charge on any atom is -0.294 e. The smallest absolute Gasteiger partial charge is 0.180 e. The Hall–Kier alpha value is -1.74. The Morgan fingerprint density at radius 1 is 1.00 bits per heavy atom. The summed E-state index contributed by atoms with van der Waals surface area (Å²) in [7, 11) is 0. The van der Waals surface area contributed by atoms with Crippen molar-refractivity contribution in [3.8, 4) is 0 Å². The molecule has 0 aliphatic rings. The predicted molar refractivity (Wildman–Crippen MR) is 73.4 cm³/mol. The maximum atomic E-state index is 11.9. The molecule has 1 aromatic carbocycles. The molecule has 0 fully saturated rings. The lowest BCUT2D eigenvalue weighted by molar-refractivity contribution is 0.0896. The first-order chi connectivity index (χ1) is 8.70. The summed E-state index contributed by atoms with van der Waals surface area (Å²) in [5, 5.41) is 0. The van der Waals surface area contributed by atoms with E-state index in [1.807, 2.05) is 18.2 Å². The van der Waals surface area contributed by atoms with Gasteiger partial charge in [-0.2, -0.15) is 0 Å². The molecule has 18 heavy (non-hydrogen) atoms. The first-order valence-electron chi connectivity index (χ1n) is 5.91. The number of thiophene rings is 1. The largest absolute Gasteiger partial charge is 0.294 e.